The van der Waals surface area contributed by atoms with Crippen LogP contribution in [0.3, 0.4) is 0 Å². The van der Waals surface area contributed by atoms with Gasteiger partial charge in [0.25, 0.3) is 11.8 Å². The van der Waals surface area contributed by atoms with Crippen molar-refractivity contribution in [3.05, 3.63) is 83.4 Å². The number of phenolic OH excluding ortho intramolecular Hbond substituents is 1. The van der Waals surface area contributed by atoms with Crippen LogP contribution in [0, 0.1) is 22.5 Å². The second kappa shape index (κ2) is 15.1. The molecule has 4 rings (SSSR count). The number of benzene rings is 3. The number of nitrogens with one attached hydrogen (secondary N) is 3. The van der Waals surface area contributed by atoms with Gasteiger partial charge in [-0.15, -0.1) is 0 Å². The lowest BCUT2D eigenvalue weighted by molar-refractivity contribution is -0.137. The lowest BCUT2D eigenvalue weighted by Crippen LogP contribution is -2.20. The molecule has 1 heterocycles. The first-order chi connectivity index (χ1) is 22.9. The molecule has 14 nitrogen and oxygen atoms in total. The van der Waals surface area contributed by atoms with Crippen LogP contribution in [0.2, 0.25) is 0 Å². The summed E-state index contributed by atoms with van der Waals surface area (Å²) >= 11 is 0. The molecule has 0 radical (unpaired) electrons. The Labute approximate surface area is 272 Å². The summed E-state index contributed by atoms with van der Waals surface area (Å²) in [7, 11) is 2.55. The molecule has 0 aliphatic carbocycles. The Balaban J connectivity index is 1.85. The largest absolute Gasteiger partial charge is 0.504 e. The van der Waals surface area contributed by atoms with E-state index in [4.69, 9.17) is 50.7 Å². The van der Waals surface area contributed by atoms with E-state index in [-0.39, 0.29) is 52.7 Å². The Bertz CT molecular complexity index is 1880. The summed E-state index contributed by atoms with van der Waals surface area (Å²) in [5.41, 5.74) is 11.8. The van der Waals surface area contributed by atoms with Crippen molar-refractivity contribution < 1.29 is 47.1 Å². The number of hydrogen-bond donors (Lipinski definition) is 6. The molecule has 0 fully saturated rings. The van der Waals surface area contributed by atoms with Crippen LogP contribution in [-0.4, -0.2) is 48.7 Å². The van der Waals surface area contributed by atoms with E-state index in [1.165, 1.54) is 62.8 Å². The molecule has 0 amide bonds. The molecule has 0 spiro atoms. The Morgan fingerprint density at radius 3 is 2.19 bits per heavy atom. The number of nitrogen functional groups attached to an aromatic ring is 1. The fourth-order valence-corrected chi connectivity index (χ4v) is 4.03. The molecule has 0 aliphatic rings. The van der Waals surface area contributed by atoms with Crippen LogP contribution in [0.5, 0.6) is 52.0 Å². The van der Waals surface area contributed by atoms with Crippen molar-refractivity contribution in [2.45, 2.75) is 6.92 Å². The Morgan fingerprint density at radius 2 is 1.58 bits per heavy atom. The summed E-state index contributed by atoms with van der Waals surface area (Å²) in [6.45, 7) is 1.83. The molecule has 0 saturated heterocycles. The number of anilines is 1. The zero-order chi connectivity index (χ0) is 35.0. The van der Waals surface area contributed by atoms with Crippen molar-refractivity contribution in [2.75, 3.05) is 26.1 Å². The molecule has 8 N–H and O–H groups in total. The molecule has 16 heteroatoms. The maximum absolute atomic E-state index is 16.1. The first-order valence-electron chi connectivity index (χ1n) is 13.9. The second-order valence-corrected chi connectivity index (χ2v) is 9.49. The summed E-state index contributed by atoms with van der Waals surface area (Å²) in [6, 6.07) is 12.3. The molecule has 0 unspecified atom stereocenters. The summed E-state index contributed by atoms with van der Waals surface area (Å²) < 4.78 is 64.8. The highest BCUT2D eigenvalue weighted by Gasteiger charge is 2.29. The van der Waals surface area contributed by atoms with Gasteiger partial charge in [-0.3, -0.25) is 10.8 Å². The third kappa shape index (κ3) is 8.16. The van der Waals surface area contributed by atoms with Crippen molar-refractivity contribution in [1.82, 2.24) is 4.98 Å². The number of halogens is 2. The standard InChI is InChI=1S/C32H30F2N6O8/c1-4-45-24(42)11-8-16-12-22(43-2)27(23(13-16)44-3)48-28-25(33)30(46-19-7-5-6-18(15-19)39-32(37)38)40-31(26(28)34)47-21-14-17(29(35)36)9-10-20(21)41/h5-15,41H,4H2,1-3H3,(H3,35,36)(H4,37,38,39)/b11-8+. The van der Waals surface area contributed by atoms with Gasteiger partial charge in [-0.2, -0.15) is 13.8 Å². The number of carbonyl (C=O) groups is 1. The average molecular weight is 665 g/mol. The lowest BCUT2D eigenvalue weighted by Gasteiger charge is -2.18. The molecule has 250 valence electrons. The number of rotatable bonds is 13. The van der Waals surface area contributed by atoms with Crippen LogP contribution in [0.15, 0.2) is 60.7 Å². The lowest BCUT2D eigenvalue weighted by atomic mass is 10.1. The van der Waals surface area contributed by atoms with E-state index in [9.17, 15) is 9.90 Å². The first kappa shape index (κ1) is 34.3. The van der Waals surface area contributed by atoms with Crippen LogP contribution in [0.4, 0.5) is 14.5 Å². The van der Waals surface area contributed by atoms with E-state index in [1.54, 1.807) is 13.0 Å². The molecule has 3 aromatic carbocycles. The Morgan fingerprint density at radius 1 is 0.917 bits per heavy atom. The Hall–Kier alpha value is -6.58. The quantitative estimate of drug-likeness (QED) is 0.0444. The summed E-state index contributed by atoms with van der Waals surface area (Å²) in [6.07, 6.45) is 2.58. The van der Waals surface area contributed by atoms with Crippen molar-refractivity contribution >= 4 is 29.5 Å². The number of guanidine groups is 1. The van der Waals surface area contributed by atoms with Gasteiger partial charge in [0, 0.05) is 23.4 Å². The zero-order valence-corrected chi connectivity index (χ0v) is 25.7. The highest BCUT2D eigenvalue weighted by atomic mass is 19.1. The molecule has 0 bridgehead atoms. The minimum atomic E-state index is -1.46. The smallest absolute Gasteiger partial charge is 0.330 e. The molecule has 1 aromatic heterocycles. The van der Waals surface area contributed by atoms with Gasteiger partial charge in [-0.25, -0.2) is 4.79 Å². The van der Waals surface area contributed by atoms with Gasteiger partial charge in [-0.05, 0) is 61.0 Å². The third-order valence-electron chi connectivity index (χ3n) is 6.17. The minimum absolute atomic E-state index is 0.00881. The monoisotopic (exact) mass is 664 g/mol. The van der Waals surface area contributed by atoms with Gasteiger partial charge >= 0.3 is 5.97 Å². The third-order valence-corrected chi connectivity index (χ3v) is 6.17. The van der Waals surface area contributed by atoms with E-state index in [2.05, 4.69) is 10.3 Å². The number of pyridine rings is 1. The van der Waals surface area contributed by atoms with Crippen LogP contribution in [-0.2, 0) is 9.53 Å². The van der Waals surface area contributed by atoms with E-state index < -0.39 is 40.9 Å². The predicted octanol–water partition coefficient (Wildman–Crippen LogP) is 5.63. The SMILES string of the molecule is CCOC(=O)/C=C/c1cc(OC)c(Oc2c(F)c(Oc3cccc(NC(=N)N)c3)nc(Oc3cc(C(=N)N)ccc3O)c2F)c(OC)c1. The highest BCUT2D eigenvalue weighted by molar-refractivity contribution is 5.95. The van der Waals surface area contributed by atoms with Gasteiger partial charge in [-0.1, -0.05) is 6.07 Å². The molecule has 0 saturated carbocycles. The van der Waals surface area contributed by atoms with Gasteiger partial charge in [0.15, 0.2) is 29.0 Å². The van der Waals surface area contributed by atoms with Crippen LogP contribution in [0.25, 0.3) is 6.08 Å². The number of carbonyl (C=O) groups excluding carboxylic acids is 1. The van der Waals surface area contributed by atoms with E-state index in [1.807, 2.05) is 0 Å². The maximum atomic E-state index is 16.1. The fourth-order valence-electron chi connectivity index (χ4n) is 4.03. The van der Waals surface area contributed by atoms with E-state index in [0.717, 1.165) is 12.1 Å². The summed E-state index contributed by atoms with van der Waals surface area (Å²) in [5, 5.41) is 28.1. The molecular weight excluding hydrogens is 634 g/mol. The number of ether oxygens (including phenoxy) is 6. The van der Waals surface area contributed by atoms with Crippen molar-refractivity contribution in [3.8, 4) is 52.0 Å². The fraction of sp³-hybridized carbons (Fsp3) is 0.125. The topological polar surface area (TPSA) is 217 Å². The number of aromatic hydroxyl groups is 1. The number of phenols is 1. The summed E-state index contributed by atoms with van der Waals surface area (Å²) in [5.74, 6) is -8.25. The van der Waals surface area contributed by atoms with Crippen LogP contribution >= 0.6 is 0 Å². The average Bonchev–Trinajstić information content (AvgIpc) is 3.05. The number of nitrogens with zero attached hydrogens (tertiary/aromatic N) is 1. The number of aromatic nitrogens is 1. The van der Waals surface area contributed by atoms with Crippen molar-refractivity contribution in [2.24, 2.45) is 11.5 Å². The number of esters is 1. The zero-order valence-electron chi connectivity index (χ0n) is 25.7. The number of methoxy groups -OCH3 is 2. The Kier molecular flexibility index (Phi) is 10.8. The maximum Gasteiger partial charge on any atom is 0.330 e. The van der Waals surface area contributed by atoms with Crippen LogP contribution < -0.4 is 40.5 Å². The predicted molar refractivity (Wildman–Crippen MR) is 171 cm³/mol. The van der Waals surface area contributed by atoms with Crippen molar-refractivity contribution in [1.29, 1.82) is 10.8 Å². The number of amidine groups is 1. The van der Waals surface area contributed by atoms with Gasteiger partial charge < -0.3 is 50.3 Å². The molecule has 0 atom stereocenters. The minimum Gasteiger partial charge on any atom is -0.504 e. The molecule has 4 aromatic rings. The van der Waals surface area contributed by atoms with Crippen LogP contribution in [0.1, 0.15) is 18.1 Å². The van der Waals surface area contributed by atoms with Gasteiger partial charge in [0.1, 0.15) is 11.6 Å². The van der Waals surface area contributed by atoms with E-state index in [0.29, 0.717) is 11.3 Å². The van der Waals surface area contributed by atoms with Crippen molar-refractivity contribution in [3.63, 3.8) is 0 Å². The highest BCUT2D eigenvalue weighted by Crippen LogP contribution is 2.46. The molecular formula is C32H30F2N6O8. The second-order valence-electron chi connectivity index (χ2n) is 9.49. The molecule has 48 heavy (non-hydrogen) atoms. The molecule has 0 aliphatic heterocycles. The van der Waals surface area contributed by atoms with Gasteiger partial charge in [0.2, 0.25) is 23.1 Å². The number of hydrogen-bond acceptors (Lipinski definition) is 11. The normalized spacial score (nSPS) is 10.7. The van der Waals surface area contributed by atoms with E-state index >= 15 is 8.78 Å². The summed E-state index contributed by atoms with van der Waals surface area (Å²) in [4.78, 5) is 15.7. The first-order valence-corrected chi connectivity index (χ1v) is 13.9. The van der Waals surface area contributed by atoms with Gasteiger partial charge in [0.05, 0.1) is 20.8 Å². The number of nitrogens with two attached hydrogens (primary N) is 2.